The van der Waals surface area contributed by atoms with Gasteiger partial charge in [-0.2, -0.15) is 0 Å². The summed E-state index contributed by atoms with van der Waals surface area (Å²) in [5, 5.41) is 0. The Kier molecular flexibility index (Phi) is 6.60. The molecule has 0 saturated heterocycles. The Morgan fingerprint density at radius 1 is 1.00 bits per heavy atom. The van der Waals surface area contributed by atoms with Gasteiger partial charge < -0.3 is 9.05 Å². The Morgan fingerprint density at radius 2 is 1.48 bits per heavy atom. The van der Waals surface area contributed by atoms with Gasteiger partial charge in [-0.3, -0.25) is 4.57 Å². The van der Waals surface area contributed by atoms with Crippen molar-refractivity contribution in [3.63, 3.8) is 0 Å². The maximum absolute atomic E-state index is 12.6. The average molecular weight is 334 g/mol. The van der Waals surface area contributed by atoms with Crippen LogP contribution in [0.25, 0.3) is 0 Å². The third kappa shape index (κ3) is 7.23. The van der Waals surface area contributed by atoms with Crippen LogP contribution in [0.1, 0.15) is 33.3 Å². The molecule has 120 valence electrons. The van der Waals surface area contributed by atoms with E-state index < -0.39 is 22.9 Å². The van der Waals surface area contributed by atoms with Crippen LogP contribution in [0.15, 0.2) is 30.3 Å². The topological polar surface area (TPSA) is 69.7 Å². The van der Waals surface area contributed by atoms with Crippen molar-refractivity contribution in [1.82, 2.24) is 0 Å². The molecule has 1 rings (SSSR count). The zero-order valence-corrected chi connectivity index (χ0v) is 14.6. The molecule has 0 spiro atoms. The summed E-state index contributed by atoms with van der Waals surface area (Å²) in [6.07, 6.45) is -0.747. The monoisotopic (exact) mass is 334 g/mol. The molecule has 0 saturated carbocycles. The molecule has 7 heteroatoms. The van der Waals surface area contributed by atoms with E-state index in [1.165, 1.54) is 0 Å². The van der Waals surface area contributed by atoms with Crippen LogP contribution >= 0.6 is 7.60 Å². The maximum Gasteiger partial charge on any atom is 0.346 e. The summed E-state index contributed by atoms with van der Waals surface area (Å²) in [5.41, 5.74) is 0.0452. The first-order valence-electron chi connectivity index (χ1n) is 6.82. The Bertz CT molecular complexity index is 567. The SMILES string of the molecule is CC(C)OP(=O)(CS(=O)(=O)Cc1ccccc1)OC(C)C. The second-order valence-corrected chi connectivity index (χ2v) is 9.87. The van der Waals surface area contributed by atoms with Crippen molar-refractivity contribution in [1.29, 1.82) is 0 Å². The van der Waals surface area contributed by atoms with Gasteiger partial charge in [-0.25, -0.2) is 8.42 Å². The second kappa shape index (κ2) is 7.54. The largest absolute Gasteiger partial charge is 0.346 e. The highest BCUT2D eigenvalue weighted by molar-refractivity contribution is 7.97. The van der Waals surface area contributed by atoms with Crippen LogP contribution in [0, 0.1) is 0 Å². The average Bonchev–Trinajstić information content (AvgIpc) is 2.24. The zero-order valence-electron chi connectivity index (χ0n) is 12.9. The van der Waals surface area contributed by atoms with Gasteiger partial charge in [0.05, 0.1) is 18.0 Å². The third-order valence-electron chi connectivity index (χ3n) is 2.33. The van der Waals surface area contributed by atoms with Crippen LogP contribution in [0.4, 0.5) is 0 Å². The highest BCUT2D eigenvalue weighted by Crippen LogP contribution is 2.51. The second-order valence-electron chi connectivity index (χ2n) is 5.42. The van der Waals surface area contributed by atoms with Gasteiger partial charge in [-0.15, -0.1) is 0 Å². The molecule has 0 N–H and O–H groups in total. The Balaban J connectivity index is 2.88. The fourth-order valence-corrected chi connectivity index (χ4v) is 6.66. The molecule has 0 aliphatic carbocycles. The van der Waals surface area contributed by atoms with Gasteiger partial charge in [0.1, 0.15) is 0 Å². The van der Waals surface area contributed by atoms with Crippen molar-refractivity contribution in [2.45, 2.75) is 45.7 Å². The van der Waals surface area contributed by atoms with Gasteiger partial charge in [-0.1, -0.05) is 30.3 Å². The predicted octanol–water partition coefficient (Wildman–Crippen LogP) is 3.60. The minimum atomic E-state index is -3.68. The molecule has 0 aromatic heterocycles. The first-order valence-corrected chi connectivity index (χ1v) is 10.4. The van der Waals surface area contributed by atoms with E-state index in [1.807, 2.05) is 6.07 Å². The quantitative estimate of drug-likeness (QED) is 0.679. The lowest BCUT2D eigenvalue weighted by molar-refractivity contribution is 0.145. The van der Waals surface area contributed by atoms with E-state index >= 15 is 0 Å². The van der Waals surface area contributed by atoms with Crippen LogP contribution in [-0.4, -0.2) is 26.1 Å². The van der Waals surface area contributed by atoms with Crippen LogP contribution in [0.5, 0.6) is 0 Å². The van der Waals surface area contributed by atoms with E-state index in [4.69, 9.17) is 9.05 Å². The summed E-state index contributed by atoms with van der Waals surface area (Å²) in [5.74, 6) is -0.180. The van der Waals surface area contributed by atoms with Gasteiger partial charge in [0.2, 0.25) is 0 Å². The fraction of sp³-hybridized carbons (Fsp3) is 0.571. The number of sulfone groups is 1. The summed E-state index contributed by atoms with van der Waals surface area (Å²) in [7, 11) is -7.27. The molecule has 21 heavy (non-hydrogen) atoms. The van der Waals surface area contributed by atoms with Crippen molar-refractivity contribution in [3.8, 4) is 0 Å². The van der Waals surface area contributed by atoms with Crippen molar-refractivity contribution in [3.05, 3.63) is 35.9 Å². The summed E-state index contributed by atoms with van der Waals surface area (Å²) in [6.45, 7) is 6.78. The lowest BCUT2D eigenvalue weighted by Crippen LogP contribution is -2.16. The van der Waals surface area contributed by atoms with E-state index in [0.29, 0.717) is 5.56 Å². The minimum Gasteiger partial charge on any atom is -0.305 e. The molecule has 0 atom stereocenters. The molecule has 0 aliphatic rings. The van der Waals surface area contributed by atoms with Crippen LogP contribution < -0.4 is 0 Å². The predicted molar refractivity (Wildman–Crippen MR) is 84.0 cm³/mol. The van der Waals surface area contributed by atoms with Gasteiger partial charge in [0.25, 0.3) is 0 Å². The molecule has 0 aliphatic heterocycles. The lowest BCUT2D eigenvalue weighted by atomic mass is 10.2. The lowest BCUT2D eigenvalue weighted by Gasteiger charge is -2.22. The molecule has 5 nitrogen and oxygen atoms in total. The minimum absolute atomic E-state index is 0.180. The molecule has 0 heterocycles. The molecule has 0 unspecified atom stereocenters. The van der Waals surface area contributed by atoms with E-state index in [0.717, 1.165) is 0 Å². The number of rotatable bonds is 8. The van der Waals surface area contributed by atoms with Crippen molar-refractivity contribution in [2.75, 3.05) is 5.49 Å². The highest BCUT2D eigenvalue weighted by atomic mass is 32.2. The number of benzene rings is 1. The third-order valence-corrected chi connectivity index (χ3v) is 7.42. The first-order chi connectivity index (χ1) is 9.62. The van der Waals surface area contributed by atoms with Gasteiger partial charge >= 0.3 is 7.60 Å². The van der Waals surface area contributed by atoms with Crippen molar-refractivity contribution in [2.24, 2.45) is 0 Å². The highest BCUT2D eigenvalue weighted by Gasteiger charge is 2.34. The molecule has 1 aromatic carbocycles. The van der Waals surface area contributed by atoms with Gasteiger partial charge in [0.15, 0.2) is 15.3 Å². The van der Waals surface area contributed by atoms with Gasteiger partial charge in [0, 0.05) is 0 Å². The molecule has 0 amide bonds. The Hall–Kier alpha value is -0.680. The molecule has 0 fully saturated rings. The van der Waals surface area contributed by atoms with Gasteiger partial charge in [-0.05, 0) is 33.3 Å². The van der Waals surface area contributed by atoms with E-state index in [-0.39, 0.29) is 18.0 Å². The van der Waals surface area contributed by atoms with Crippen LogP contribution in [0.3, 0.4) is 0 Å². The number of hydrogen-bond donors (Lipinski definition) is 0. The van der Waals surface area contributed by atoms with E-state index in [2.05, 4.69) is 0 Å². The standard InChI is InChI=1S/C14H23O5PS/c1-12(2)18-20(15,19-13(3)4)11-21(16,17)10-14-8-6-5-7-9-14/h5-9,12-13H,10-11H2,1-4H3. The van der Waals surface area contributed by atoms with Crippen molar-refractivity contribution >= 4 is 17.4 Å². The zero-order chi connectivity index (χ0) is 16.1. The smallest absolute Gasteiger partial charge is 0.305 e. The molecular formula is C14H23O5PS. The number of hydrogen-bond acceptors (Lipinski definition) is 5. The summed E-state index contributed by atoms with van der Waals surface area (Å²) in [6, 6.07) is 8.77. The Morgan fingerprint density at radius 3 is 1.90 bits per heavy atom. The molecular weight excluding hydrogens is 311 g/mol. The van der Waals surface area contributed by atoms with E-state index in [9.17, 15) is 13.0 Å². The molecule has 0 radical (unpaired) electrons. The fourth-order valence-electron chi connectivity index (χ4n) is 1.84. The van der Waals surface area contributed by atoms with Crippen LogP contribution in [0.2, 0.25) is 0 Å². The summed E-state index contributed by atoms with van der Waals surface area (Å²) >= 11 is 0. The van der Waals surface area contributed by atoms with E-state index in [1.54, 1.807) is 52.0 Å². The summed E-state index contributed by atoms with van der Waals surface area (Å²) < 4.78 is 47.7. The van der Waals surface area contributed by atoms with Crippen molar-refractivity contribution < 1.29 is 22.0 Å². The normalized spacial score (nSPS) is 13.0. The summed E-state index contributed by atoms with van der Waals surface area (Å²) in [4.78, 5) is 0. The van der Waals surface area contributed by atoms with Crippen LogP contribution in [-0.2, 0) is 29.2 Å². The maximum atomic E-state index is 12.6. The first kappa shape index (κ1) is 18.4. The Labute approximate surface area is 127 Å². The molecule has 1 aromatic rings. The molecule has 0 bridgehead atoms.